The first-order valence-corrected chi connectivity index (χ1v) is 12.8. The number of hydrogen-bond donors (Lipinski definition) is 0. The van der Waals surface area contributed by atoms with Gasteiger partial charge in [0.15, 0.2) is 0 Å². The van der Waals surface area contributed by atoms with Crippen molar-refractivity contribution in [2.24, 2.45) is 0 Å². The zero-order valence-electron chi connectivity index (χ0n) is 21.3. The van der Waals surface area contributed by atoms with E-state index in [4.69, 9.17) is 0 Å². The second kappa shape index (κ2) is 9.26. The maximum Gasteiger partial charge on any atom is -0.0146 e. The zero-order chi connectivity index (χ0) is 23.8. The Kier molecular flexibility index (Phi) is 6.17. The third-order valence-electron chi connectivity index (χ3n) is 7.67. The van der Waals surface area contributed by atoms with E-state index in [1.807, 2.05) is 0 Å². The molecule has 34 heavy (non-hydrogen) atoms. The summed E-state index contributed by atoms with van der Waals surface area (Å²) in [6, 6.07) is 27.9. The molecule has 0 atom stereocenters. The smallest absolute Gasteiger partial charge is 0.0146 e. The molecule has 0 N–H and O–H groups in total. The predicted molar refractivity (Wildman–Crippen MR) is 147 cm³/mol. The van der Waals surface area contributed by atoms with Gasteiger partial charge in [-0.05, 0) is 127 Å². The molecule has 4 aromatic carbocycles. The standard InChI is InChI=1S/C34H36/c1-22-6-16-32(26(5)18-22)33-17-9-27(21-34(33)29-13-14-29)8-11-28-12-15-31(20-25(28)4)30-10-7-23(2)24(3)19-30/h6-7,9-10,12,15-21,29H,8,11,13-14H2,1-5H3. The molecule has 1 aliphatic rings. The van der Waals surface area contributed by atoms with Crippen LogP contribution in [0.2, 0.25) is 0 Å². The molecule has 0 aromatic heterocycles. The molecule has 5 rings (SSSR count). The van der Waals surface area contributed by atoms with E-state index in [2.05, 4.69) is 107 Å². The van der Waals surface area contributed by atoms with Crippen LogP contribution in [0.15, 0.2) is 72.8 Å². The van der Waals surface area contributed by atoms with Gasteiger partial charge in [-0.2, -0.15) is 0 Å². The van der Waals surface area contributed by atoms with Crippen LogP contribution in [0.1, 0.15) is 63.3 Å². The molecule has 1 fully saturated rings. The van der Waals surface area contributed by atoms with Gasteiger partial charge in [0.05, 0.1) is 0 Å². The number of hydrogen-bond acceptors (Lipinski definition) is 0. The third-order valence-corrected chi connectivity index (χ3v) is 7.67. The van der Waals surface area contributed by atoms with Gasteiger partial charge in [-0.3, -0.25) is 0 Å². The predicted octanol–water partition coefficient (Wildman–Crippen LogP) is 9.23. The molecule has 4 aromatic rings. The van der Waals surface area contributed by atoms with Crippen molar-refractivity contribution in [3.05, 3.63) is 117 Å². The molecular formula is C34H36. The maximum absolute atomic E-state index is 2.51. The van der Waals surface area contributed by atoms with Crippen LogP contribution in [-0.2, 0) is 12.8 Å². The number of aryl methyl sites for hydroxylation is 7. The minimum atomic E-state index is 0.745. The molecular weight excluding hydrogens is 408 g/mol. The summed E-state index contributed by atoms with van der Waals surface area (Å²) in [6.07, 6.45) is 4.85. The van der Waals surface area contributed by atoms with Gasteiger partial charge in [0.25, 0.3) is 0 Å². The highest BCUT2D eigenvalue weighted by molar-refractivity contribution is 5.72. The van der Waals surface area contributed by atoms with E-state index in [9.17, 15) is 0 Å². The molecule has 1 saturated carbocycles. The van der Waals surface area contributed by atoms with Crippen molar-refractivity contribution in [3.8, 4) is 22.3 Å². The van der Waals surface area contributed by atoms with Gasteiger partial charge in [0, 0.05) is 0 Å². The normalized spacial score (nSPS) is 13.3. The Bertz CT molecular complexity index is 1350. The molecule has 0 spiro atoms. The van der Waals surface area contributed by atoms with Crippen LogP contribution in [0.25, 0.3) is 22.3 Å². The van der Waals surface area contributed by atoms with Gasteiger partial charge in [0.1, 0.15) is 0 Å². The van der Waals surface area contributed by atoms with Crippen molar-refractivity contribution < 1.29 is 0 Å². The highest BCUT2D eigenvalue weighted by Crippen LogP contribution is 2.45. The largest absolute Gasteiger partial charge is 0.0587 e. The first-order chi connectivity index (χ1) is 16.4. The molecule has 0 nitrogen and oxygen atoms in total. The van der Waals surface area contributed by atoms with Crippen molar-refractivity contribution in [1.29, 1.82) is 0 Å². The third kappa shape index (κ3) is 4.73. The van der Waals surface area contributed by atoms with Gasteiger partial charge < -0.3 is 0 Å². The fourth-order valence-electron chi connectivity index (χ4n) is 5.22. The van der Waals surface area contributed by atoms with Gasteiger partial charge in [-0.1, -0.05) is 78.4 Å². The lowest BCUT2D eigenvalue weighted by Gasteiger charge is -2.15. The summed E-state index contributed by atoms with van der Waals surface area (Å²) in [5.74, 6) is 0.745. The van der Waals surface area contributed by atoms with Crippen LogP contribution < -0.4 is 0 Å². The van der Waals surface area contributed by atoms with Crippen molar-refractivity contribution in [3.63, 3.8) is 0 Å². The van der Waals surface area contributed by atoms with Crippen LogP contribution in [0.5, 0.6) is 0 Å². The van der Waals surface area contributed by atoms with E-state index in [1.54, 1.807) is 5.56 Å². The minimum absolute atomic E-state index is 0.745. The Morgan fingerprint density at radius 1 is 0.559 bits per heavy atom. The first kappa shape index (κ1) is 22.7. The number of rotatable bonds is 6. The highest BCUT2D eigenvalue weighted by Gasteiger charge is 2.27. The lowest BCUT2D eigenvalue weighted by atomic mass is 9.90. The summed E-state index contributed by atoms with van der Waals surface area (Å²) in [7, 11) is 0. The Hall–Kier alpha value is -3.12. The molecule has 1 aliphatic carbocycles. The maximum atomic E-state index is 2.51. The highest BCUT2D eigenvalue weighted by atomic mass is 14.3. The van der Waals surface area contributed by atoms with Crippen molar-refractivity contribution >= 4 is 0 Å². The van der Waals surface area contributed by atoms with Gasteiger partial charge >= 0.3 is 0 Å². The average molecular weight is 445 g/mol. The van der Waals surface area contributed by atoms with E-state index >= 15 is 0 Å². The summed E-state index contributed by atoms with van der Waals surface area (Å²) in [4.78, 5) is 0. The van der Waals surface area contributed by atoms with E-state index in [-0.39, 0.29) is 0 Å². The molecule has 0 heteroatoms. The fraction of sp³-hybridized carbons (Fsp3) is 0.294. The minimum Gasteiger partial charge on any atom is -0.0587 e. The second-order valence-electron chi connectivity index (χ2n) is 10.5. The van der Waals surface area contributed by atoms with E-state index in [0.717, 1.165) is 18.8 Å². The average Bonchev–Trinajstić information content (AvgIpc) is 3.66. The molecule has 0 bridgehead atoms. The van der Waals surface area contributed by atoms with Crippen LogP contribution in [-0.4, -0.2) is 0 Å². The molecule has 172 valence electrons. The monoisotopic (exact) mass is 444 g/mol. The van der Waals surface area contributed by atoms with Crippen molar-refractivity contribution in [2.45, 2.75) is 66.2 Å². The van der Waals surface area contributed by atoms with Crippen LogP contribution in [0.3, 0.4) is 0 Å². The lowest BCUT2D eigenvalue weighted by Crippen LogP contribution is -1.98. The van der Waals surface area contributed by atoms with E-state index < -0.39 is 0 Å². The molecule has 0 amide bonds. The first-order valence-electron chi connectivity index (χ1n) is 12.8. The summed E-state index contributed by atoms with van der Waals surface area (Å²) in [6.45, 7) is 11.1. The summed E-state index contributed by atoms with van der Waals surface area (Å²) < 4.78 is 0. The quantitative estimate of drug-likeness (QED) is 0.278. The van der Waals surface area contributed by atoms with Crippen molar-refractivity contribution in [1.82, 2.24) is 0 Å². The van der Waals surface area contributed by atoms with Crippen LogP contribution >= 0.6 is 0 Å². The van der Waals surface area contributed by atoms with Crippen LogP contribution in [0, 0.1) is 34.6 Å². The van der Waals surface area contributed by atoms with Gasteiger partial charge in [-0.15, -0.1) is 0 Å². The van der Waals surface area contributed by atoms with Gasteiger partial charge in [0.2, 0.25) is 0 Å². The Labute approximate surface area is 205 Å². The topological polar surface area (TPSA) is 0 Å². The lowest BCUT2D eigenvalue weighted by molar-refractivity contribution is 0.943. The Balaban J connectivity index is 1.36. The summed E-state index contributed by atoms with van der Waals surface area (Å²) >= 11 is 0. The zero-order valence-corrected chi connectivity index (χ0v) is 21.3. The molecule has 0 saturated heterocycles. The van der Waals surface area contributed by atoms with Gasteiger partial charge in [-0.25, -0.2) is 0 Å². The molecule has 0 radical (unpaired) electrons. The SMILES string of the molecule is Cc1ccc(-c2ccc(CCc3ccc(-c4ccc(C)c(C)c4)cc3C)cc2C2CC2)c(C)c1. The second-order valence-corrected chi connectivity index (χ2v) is 10.5. The summed E-state index contributed by atoms with van der Waals surface area (Å²) in [5, 5.41) is 0. The summed E-state index contributed by atoms with van der Waals surface area (Å²) in [5.41, 5.74) is 16.8. The fourth-order valence-corrected chi connectivity index (χ4v) is 5.22. The Morgan fingerprint density at radius 2 is 1.26 bits per heavy atom. The van der Waals surface area contributed by atoms with E-state index in [1.165, 1.54) is 74.0 Å². The molecule has 0 unspecified atom stereocenters. The molecule has 0 heterocycles. The Morgan fingerprint density at radius 3 is 1.94 bits per heavy atom. The van der Waals surface area contributed by atoms with E-state index in [0.29, 0.717) is 0 Å². The number of benzene rings is 4. The molecule has 0 aliphatic heterocycles. The van der Waals surface area contributed by atoms with Crippen LogP contribution in [0.4, 0.5) is 0 Å². The van der Waals surface area contributed by atoms with Crippen molar-refractivity contribution in [2.75, 3.05) is 0 Å².